The predicted octanol–water partition coefficient (Wildman–Crippen LogP) is 5.11. The number of alkyl halides is 6. The second kappa shape index (κ2) is 17.5. The van der Waals surface area contributed by atoms with E-state index in [1.807, 2.05) is 69.3 Å². The highest BCUT2D eigenvalue weighted by Crippen LogP contribution is 2.62. The summed E-state index contributed by atoms with van der Waals surface area (Å²) in [5.74, 6) is -4.86. The molecule has 1 saturated heterocycles. The molecule has 340 valence electrons. The molecule has 2 aliphatic carbocycles. The topological polar surface area (TPSA) is 177 Å². The van der Waals surface area contributed by atoms with Crippen molar-refractivity contribution in [2.45, 2.75) is 94.2 Å². The molecule has 5 aliphatic rings. The number of aliphatic hydroxyl groups is 1. The van der Waals surface area contributed by atoms with Crippen LogP contribution >= 0.6 is 0 Å². The molecule has 3 aliphatic heterocycles. The van der Waals surface area contributed by atoms with E-state index >= 15 is 0 Å². The van der Waals surface area contributed by atoms with Gasteiger partial charge in [0.15, 0.2) is 11.5 Å². The number of carboxylic acids is 2. The maximum Gasteiger partial charge on any atom is 0.490 e. The zero-order chi connectivity index (χ0) is 46.5. The number of rotatable bonds is 6. The zero-order valence-corrected chi connectivity index (χ0v) is 34.8. The number of aromatic hydroxyl groups is 1. The molecule has 1 fully saturated rings. The van der Waals surface area contributed by atoms with Gasteiger partial charge >= 0.3 is 30.3 Å². The number of carboxylic acid groups (broad SMARTS) is 2. The molecule has 0 unspecified atom stereocenters. The van der Waals surface area contributed by atoms with Crippen LogP contribution in [-0.4, -0.2) is 129 Å². The van der Waals surface area contributed by atoms with Crippen molar-refractivity contribution in [1.82, 2.24) is 14.7 Å². The van der Waals surface area contributed by atoms with E-state index in [9.17, 15) is 46.1 Å². The molecule has 3 aromatic rings. The molecular formula is C44H47F6N3O10. The number of phenols is 1. The summed E-state index contributed by atoms with van der Waals surface area (Å²) < 4.78 is 76.4. The third-order valence-corrected chi connectivity index (χ3v) is 12.6. The first-order chi connectivity index (χ1) is 29.4. The van der Waals surface area contributed by atoms with E-state index in [0.29, 0.717) is 36.9 Å². The Morgan fingerprint density at radius 1 is 0.905 bits per heavy atom. The third kappa shape index (κ3) is 9.08. The average molecular weight is 892 g/mol. The number of phenolic OH excluding ortho intramolecular Hbond substituents is 1. The van der Waals surface area contributed by atoms with Gasteiger partial charge in [-0.15, -0.1) is 0 Å². The molecule has 7 atom stereocenters. The summed E-state index contributed by atoms with van der Waals surface area (Å²) in [6.07, 6.45) is -4.84. The molecule has 0 saturated carbocycles. The molecule has 3 heterocycles. The molecule has 19 heteroatoms. The van der Waals surface area contributed by atoms with E-state index in [4.69, 9.17) is 29.3 Å². The maximum absolute atomic E-state index is 14.6. The Morgan fingerprint density at radius 2 is 1.49 bits per heavy atom. The van der Waals surface area contributed by atoms with Crippen LogP contribution in [0.3, 0.4) is 0 Å². The molecule has 1 amide bonds. The summed E-state index contributed by atoms with van der Waals surface area (Å²) in [7, 11) is 5.94. The van der Waals surface area contributed by atoms with Crippen LogP contribution in [0.4, 0.5) is 26.3 Å². The van der Waals surface area contributed by atoms with Crippen LogP contribution in [0.25, 0.3) is 0 Å². The Hall–Kier alpha value is -5.66. The van der Waals surface area contributed by atoms with Crippen LogP contribution in [0.2, 0.25) is 0 Å². The van der Waals surface area contributed by atoms with Gasteiger partial charge in [-0.1, -0.05) is 42.5 Å². The van der Waals surface area contributed by atoms with E-state index in [-0.39, 0.29) is 23.0 Å². The SMILES string of the molecule is Cc1cc(O)cc(C)c1C[C@@H](C(=O)N1Cc2ccccc2C[C@H]1C(=O)Oc1ccc2c3c1O[C@H]1[C@@H](O)C=C[C@H]4[C@@H](C2)N(C)CC[C@@]341)N(C)C.O=C(O)C(F)(F)F.O=C(O)C(F)(F)F. The molecule has 13 nitrogen and oxygen atoms in total. The number of carbonyl (C=O) groups excluding carboxylic acids is 2. The molecule has 0 aromatic heterocycles. The van der Waals surface area contributed by atoms with E-state index < -0.39 is 54.6 Å². The molecule has 1 spiro atoms. The van der Waals surface area contributed by atoms with Crippen LogP contribution in [0.15, 0.2) is 60.7 Å². The lowest BCUT2D eigenvalue weighted by Gasteiger charge is -2.56. The van der Waals surface area contributed by atoms with Crippen molar-refractivity contribution in [2.75, 3.05) is 27.7 Å². The first-order valence-electron chi connectivity index (χ1n) is 19.9. The minimum absolute atomic E-state index is 0.154. The summed E-state index contributed by atoms with van der Waals surface area (Å²) in [6, 6.07) is 14.2. The largest absolute Gasteiger partial charge is 0.508 e. The van der Waals surface area contributed by atoms with Gasteiger partial charge in [0.1, 0.15) is 24.0 Å². The molecule has 3 aromatic carbocycles. The number of esters is 1. The summed E-state index contributed by atoms with van der Waals surface area (Å²) in [5.41, 5.74) is 6.76. The highest BCUT2D eigenvalue weighted by Gasteiger charge is 2.64. The van der Waals surface area contributed by atoms with Crippen LogP contribution in [-0.2, 0) is 50.4 Å². The highest BCUT2D eigenvalue weighted by atomic mass is 19.4. The van der Waals surface area contributed by atoms with Gasteiger partial charge < -0.3 is 39.7 Å². The van der Waals surface area contributed by atoms with Crippen molar-refractivity contribution >= 4 is 23.8 Å². The van der Waals surface area contributed by atoms with Gasteiger partial charge in [-0.3, -0.25) is 9.69 Å². The van der Waals surface area contributed by atoms with Crippen LogP contribution in [0, 0.1) is 19.8 Å². The second-order valence-electron chi connectivity index (χ2n) is 16.6. The number of amides is 1. The van der Waals surface area contributed by atoms with Crippen molar-refractivity contribution in [3.63, 3.8) is 0 Å². The van der Waals surface area contributed by atoms with E-state index in [1.165, 1.54) is 5.56 Å². The molecule has 4 N–H and O–H groups in total. The molecule has 0 radical (unpaired) electrons. The maximum atomic E-state index is 14.6. The number of halogens is 6. The van der Waals surface area contributed by atoms with E-state index in [2.05, 4.69) is 24.1 Å². The van der Waals surface area contributed by atoms with E-state index in [0.717, 1.165) is 52.8 Å². The normalized spacial score (nSPS) is 24.7. The van der Waals surface area contributed by atoms with Crippen LogP contribution in [0.5, 0.6) is 17.2 Å². The van der Waals surface area contributed by atoms with Crippen molar-refractivity contribution < 1.29 is 75.4 Å². The number of benzene rings is 3. The lowest BCUT2D eigenvalue weighted by atomic mass is 9.53. The van der Waals surface area contributed by atoms with Crippen molar-refractivity contribution in [1.29, 1.82) is 0 Å². The number of ether oxygens (including phenoxy) is 2. The first-order valence-corrected chi connectivity index (χ1v) is 19.9. The van der Waals surface area contributed by atoms with Gasteiger partial charge in [0.25, 0.3) is 0 Å². The smallest absolute Gasteiger partial charge is 0.490 e. The number of nitrogens with zero attached hydrogens (tertiary/aromatic N) is 3. The highest BCUT2D eigenvalue weighted by molar-refractivity contribution is 5.90. The number of aliphatic hydroxyl groups excluding tert-OH is 1. The fraction of sp³-hybridized carbons (Fsp3) is 0.455. The van der Waals surface area contributed by atoms with E-state index in [1.54, 1.807) is 17.0 Å². The Kier molecular flexibility index (Phi) is 13.0. The number of fused-ring (bicyclic) bond motifs is 1. The van der Waals surface area contributed by atoms with Gasteiger partial charge in [-0.2, -0.15) is 26.3 Å². The monoisotopic (exact) mass is 891 g/mol. The van der Waals surface area contributed by atoms with Crippen molar-refractivity contribution in [3.8, 4) is 17.2 Å². The van der Waals surface area contributed by atoms with Gasteiger partial charge in [-0.25, -0.2) is 14.4 Å². The summed E-state index contributed by atoms with van der Waals surface area (Å²) in [6.45, 7) is 5.08. The Balaban J connectivity index is 0.000000409. The van der Waals surface area contributed by atoms with Crippen LogP contribution < -0.4 is 9.47 Å². The third-order valence-electron chi connectivity index (χ3n) is 12.6. The summed E-state index contributed by atoms with van der Waals surface area (Å²) in [5, 5.41) is 35.6. The van der Waals surface area contributed by atoms with Crippen molar-refractivity contribution in [2.24, 2.45) is 5.92 Å². The summed E-state index contributed by atoms with van der Waals surface area (Å²) in [4.78, 5) is 52.8. The first kappa shape index (κ1) is 46.8. The van der Waals surface area contributed by atoms with Crippen LogP contribution in [0.1, 0.15) is 45.4 Å². The number of hydrogen-bond acceptors (Lipinski definition) is 10. The van der Waals surface area contributed by atoms with Gasteiger partial charge in [0.2, 0.25) is 5.91 Å². The minimum Gasteiger partial charge on any atom is -0.508 e. The predicted molar refractivity (Wildman–Crippen MR) is 212 cm³/mol. The fourth-order valence-electron chi connectivity index (χ4n) is 9.62. The van der Waals surface area contributed by atoms with Gasteiger partial charge in [0, 0.05) is 35.9 Å². The lowest BCUT2D eigenvalue weighted by Crippen LogP contribution is -2.64. The number of carbonyl (C=O) groups is 4. The minimum atomic E-state index is -5.08. The lowest BCUT2D eigenvalue weighted by molar-refractivity contribution is -0.193. The Bertz CT molecular complexity index is 2270. The Morgan fingerprint density at radius 3 is 2.06 bits per heavy atom. The number of likely N-dealkylation sites (N-methyl/N-ethyl adjacent to an activating group) is 2. The quantitative estimate of drug-likeness (QED) is 0.112. The fourth-order valence-corrected chi connectivity index (χ4v) is 9.62. The summed E-state index contributed by atoms with van der Waals surface area (Å²) >= 11 is 0. The number of piperidine rings is 1. The van der Waals surface area contributed by atoms with Gasteiger partial charge in [-0.05, 0) is 112 Å². The standard InChI is InChI=1S/C40H45N3O6.2C2HF3O2/c1-22-16-27(44)17-23(2)28(22)20-31(41(3)4)38(46)43-21-26-9-7-6-8-24(26)18-32(43)39(47)48-34-13-10-25-19-30-29-11-12-33(45)37-40(29,14-15-42(30)5)35(25)36(34)49-37;2*3-2(4,5)1(6)7/h6-13,16-17,29-33,37,44-45H,14-15,18-21H2,1-5H3;2*(H,6,7)/t29-,30+,31-,32-,33-,37-,40-;;/m0../s1. The Labute approximate surface area is 358 Å². The average Bonchev–Trinajstić information content (AvgIpc) is 3.55. The molecule has 63 heavy (non-hydrogen) atoms. The zero-order valence-electron chi connectivity index (χ0n) is 34.8. The number of likely N-dealkylation sites (tertiary alicyclic amines) is 1. The number of aryl methyl sites for hydroxylation is 2. The molecule has 2 bridgehead atoms. The number of hydrogen-bond donors (Lipinski definition) is 4. The van der Waals surface area contributed by atoms with Crippen molar-refractivity contribution in [3.05, 3.63) is 99.6 Å². The second-order valence-corrected chi connectivity index (χ2v) is 16.6. The molecule has 8 rings (SSSR count). The number of aliphatic carboxylic acids is 2. The van der Waals surface area contributed by atoms with Gasteiger partial charge in [0.05, 0.1) is 6.04 Å². The molecular weight excluding hydrogens is 844 g/mol.